The molecule has 1 aromatic carbocycles. The third kappa shape index (κ3) is 3.11. The van der Waals surface area contributed by atoms with Crippen molar-refractivity contribution in [3.8, 4) is 11.1 Å². The second kappa shape index (κ2) is 5.68. The van der Waals surface area contributed by atoms with Crippen LogP contribution in [0.2, 0.25) is 10.3 Å². The summed E-state index contributed by atoms with van der Waals surface area (Å²) in [5.41, 5.74) is 1.28. The largest absolute Gasteiger partial charge is 0.228 e. The van der Waals surface area contributed by atoms with E-state index in [0.717, 1.165) is 11.8 Å². The Morgan fingerprint density at radius 2 is 1.55 bits per heavy atom. The normalized spacial score (nSPS) is 13.2. The fourth-order valence-corrected chi connectivity index (χ4v) is 2.75. The van der Waals surface area contributed by atoms with Crippen LogP contribution >= 0.6 is 23.2 Å². The lowest BCUT2D eigenvalue weighted by Gasteiger charge is -2.12. The standard InChI is InChI=1S/C13H12Cl2N2O2S/c1-8(20(2,18)19)13-16-11(14)10(12(15)17-13)9-6-4-3-5-7-9/h3-8H,1-2H3. The van der Waals surface area contributed by atoms with Gasteiger partial charge in [-0.25, -0.2) is 18.4 Å². The number of sulfone groups is 1. The Morgan fingerprint density at radius 3 is 2.00 bits per heavy atom. The highest BCUT2D eigenvalue weighted by atomic mass is 35.5. The van der Waals surface area contributed by atoms with Crippen LogP contribution in [0.25, 0.3) is 11.1 Å². The molecule has 20 heavy (non-hydrogen) atoms. The van der Waals surface area contributed by atoms with Crippen molar-refractivity contribution in [2.24, 2.45) is 0 Å². The van der Waals surface area contributed by atoms with Gasteiger partial charge in [-0.2, -0.15) is 0 Å². The van der Waals surface area contributed by atoms with Crippen molar-refractivity contribution in [1.29, 1.82) is 0 Å². The fourth-order valence-electron chi connectivity index (χ4n) is 1.64. The Morgan fingerprint density at radius 1 is 1.05 bits per heavy atom. The molecule has 0 saturated heterocycles. The fraction of sp³-hybridized carbons (Fsp3) is 0.231. The Bertz CT molecular complexity index is 710. The van der Waals surface area contributed by atoms with Crippen LogP contribution in [-0.4, -0.2) is 24.6 Å². The third-order valence-electron chi connectivity index (χ3n) is 2.91. The van der Waals surface area contributed by atoms with E-state index in [9.17, 15) is 8.42 Å². The Hall–Kier alpha value is -1.17. The summed E-state index contributed by atoms with van der Waals surface area (Å²) in [5.74, 6) is 0.0992. The van der Waals surface area contributed by atoms with Crippen LogP contribution < -0.4 is 0 Å². The molecule has 7 heteroatoms. The summed E-state index contributed by atoms with van der Waals surface area (Å²) in [6.45, 7) is 1.50. The van der Waals surface area contributed by atoms with E-state index >= 15 is 0 Å². The van der Waals surface area contributed by atoms with Crippen molar-refractivity contribution in [3.05, 3.63) is 46.5 Å². The van der Waals surface area contributed by atoms with Gasteiger partial charge in [-0.1, -0.05) is 53.5 Å². The first-order valence-electron chi connectivity index (χ1n) is 5.78. The van der Waals surface area contributed by atoms with Crippen molar-refractivity contribution in [2.45, 2.75) is 12.2 Å². The summed E-state index contributed by atoms with van der Waals surface area (Å²) in [6, 6.07) is 9.21. The van der Waals surface area contributed by atoms with Gasteiger partial charge in [0.25, 0.3) is 0 Å². The van der Waals surface area contributed by atoms with E-state index in [0.29, 0.717) is 5.56 Å². The topological polar surface area (TPSA) is 59.9 Å². The zero-order chi connectivity index (χ0) is 14.9. The molecule has 0 N–H and O–H groups in total. The molecule has 0 aliphatic rings. The maximum atomic E-state index is 11.5. The highest BCUT2D eigenvalue weighted by Crippen LogP contribution is 2.33. The molecule has 1 aromatic heterocycles. The van der Waals surface area contributed by atoms with Crippen molar-refractivity contribution in [1.82, 2.24) is 9.97 Å². The van der Waals surface area contributed by atoms with E-state index in [4.69, 9.17) is 23.2 Å². The molecule has 2 rings (SSSR count). The summed E-state index contributed by atoms with van der Waals surface area (Å²) in [4.78, 5) is 8.13. The minimum Gasteiger partial charge on any atom is -0.228 e. The van der Waals surface area contributed by atoms with Crippen LogP contribution in [0, 0.1) is 0 Å². The molecule has 1 heterocycles. The minimum absolute atomic E-state index is 0.0992. The summed E-state index contributed by atoms with van der Waals surface area (Å²) >= 11 is 12.3. The van der Waals surface area contributed by atoms with E-state index < -0.39 is 15.1 Å². The molecular formula is C13H12Cl2N2O2S. The molecule has 0 spiro atoms. The van der Waals surface area contributed by atoms with Gasteiger partial charge in [0, 0.05) is 6.26 Å². The molecule has 1 atom stereocenters. The number of rotatable bonds is 3. The van der Waals surface area contributed by atoms with Crippen LogP contribution in [0.1, 0.15) is 18.0 Å². The van der Waals surface area contributed by atoms with Gasteiger partial charge in [-0.15, -0.1) is 0 Å². The van der Waals surface area contributed by atoms with E-state index in [1.807, 2.05) is 30.3 Å². The molecule has 0 aliphatic heterocycles. The molecule has 0 fully saturated rings. The van der Waals surface area contributed by atoms with E-state index in [1.54, 1.807) is 0 Å². The molecule has 0 aliphatic carbocycles. The average Bonchev–Trinajstić information content (AvgIpc) is 2.37. The van der Waals surface area contributed by atoms with Crippen molar-refractivity contribution < 1.29 is 8.42 Å². The number of aromatic nitrogens is 2. The minimum atomic E-state index is -3.31. The van der Waals surface area contributed by atoms with Gasteiger partial charge < -0.3 is 0 Å². The lowest BCUT2D eigenvalue weighted by Crippen LogP contribution is -2.12. The molecule has 4 nitrogen and oxygen atoms in total. The zero-order valence-corrected chi connectivity index (χ0v) is 13.2. The van der Waals surface area contributed by atoms with Crippen LogP contribution in [0.5, 0.6) is 0 Å². The number of hydrogen-bond donors (Lipinski definition) is 0. The number of benzene rings is 1. The van der Waals surface area contributed by atoms with E-state index in [-0.39, 0.29) is 16.1 Å². The van der Waals surface area contributed by atoms with Gasteiger partial charge in [-0.05, 0) is 12.5 Å². The summed E-state index contributed by atoms with van der Waals surface area (Å²) in [6.07, 6.45) is 1.12. The van der Waals surface area contributed by atoms with Crippen molar-refractivity contribution in [3.63, 3.8) is 0 Å². The Balaban J connectivity index is 2.56. The van der Waals surface area contributed by atoms with Gasteiger partial charge in [0.1, 0.15) is 21.4 Å². The molecule has 1 unspecified atom stereocenters. The van der Waals surface area contributed by atoms with Gasteiger partial charge in [0.15, 0.2) is 9.84 Å². The van der Waals surface area contributed by atoms with Crippen molar-refractivity contribution >= 4 is 33.0 Å². The molecule has 0 saturated carbocycles. The monoisotopic (exact) mass is 330 g/mol. The van der Waals surface area contributed by atoms with E-state index in [2.05, 4.69) is 9.97 Å². The van der Waals surface area contributed by atoms with Crippen LogP contribution in [0.3, 0.4) is 0 Å². The summed E-state index contributed by atoms with van der Waals surface area (Å²) in [5, 5.41) is -0.578. The maximum Gasteiger partial charge on any atom is 0.157 e. The first-order valence-corrected chi connectivity index (χ1v) is 8.49. The Kier molecular flexibility index (Phi) is 4.32. The van der Waals surface area contributed by atoms with Gasteiger partial charge in [-0.3, -0.25) is 0 Å². The van der Waals surface area contributed by atoms with Gasteiger partial charge in [0.05, 0.1) is 5.56 Å². The third-order valence-corrected chi connectivity index (χ3v) is 4.95. The first-order chi connectivity index (χ1) is 9.30. The quantitative estimate of drug-likeness (QED) is 0.807. The molecular weight excluding hydrogens is 319 g/mol. The van der Waals surface area contributed by atoms with Gasteiger partial charge >= 0.3 is 0 Å². The predicted molar refractivity (Wildman–Crippen MR) is 80.7 cm³/mol. The maximum absolute atomic E-state index is 11.5. The lowest BCUT2D eigenvalue weighted by molar-refractivity contribution is 0.589. The smallest absolute Gasteiger partial charge is 0.157 e. The Labute approximate surface area is 127 Å². The second-order valence-electron chi connectivity index (χ2n) is 4.38. The SMILES string of the molecule is CC(c1nc(Cl)c(-c2ccccc2)c(Cl)n1)S(C)(=O)=O. The van der Waals surface area contributed by atoms with Crippen LogP contribution in [0.15, 0.2) is 30.3 Å². The highest BCUT2D eigenvalue weighted by molar-refractivity contribution is 7.90. The summed E-state index contributed by atoms with van der Waals surface area (Å²) < 4.78 is 23.1. The number of halogens is 2. The van der Waals surface area contributed by atoms with Crippen LogP contribution in [-0.2, 0) is 9.84 Å². The molecule has 2 aromatic rings. The average molecular weight is 331 g/mol. The zero-order valence-electron chi connectivity index (χ0n) is 10.8. The second-order valence-corrected chi connectivity index (χ2v) is 7.46. The molecule has 106 valence electrons. The summed E-state index contributed by atoms with van der Waals surface area (Å²) in [7, 11) is -3.31. The molecule has 0 amide bonds. The first kappa shape index (κ1) is 15.2. The predicted octanol–water partition coefficient (Wildman–Crippen LogP) is 3.56. The molecule has 0 bridgehead atoms. The number of hydrogen-bond acceptors (Lipinski definition) is 4. The molecule has 0 radical (unpaired) electrons. The van der Waals surface area contributed by atoms with E-state index in [1.165, 1.54) is 6.92 Å². The van der Waals surface area contributed by atoms with Gasteiger partial charge in [0.2, 0.25) is 0 Å². The lowest BCUT2D eigenvalue weighted by atomic mass is 10.1. The van der Waals surface area contributed by atoms with Crippen molar-refractivity contribution in [2.75, 3.05) is 6.26 Å². The highest BCUT2D eigenvalue weighted by Gasteiger charge is 2.23. The number of nitrogens with zero attached hydrogens (tertiary/aromatic N) is 2. The van der Waals surface area contributed by atoms with Crippen LogP contribution in [0.4, 0.5) is 0 Å².